The number of benzene rings is 12. The zero-order valence-electron chi connectivity index (χ0n) is 33.2. The number of hydrogen-bond donors (Lipinski definition) is 0. The Labute approximate surface area is 352 Å². The summed E-state index contributed by atoms with van der Waals surface area (Å²) in [5.74, 6) is 0. The van der Waals surface area contributed by atoms with E-state index >= 15 is 0 Å². The van der Waals surface area contributed by atoms with Gasteiger partial charge in [-0.2, -0.15) is 0 Å². The van der Waals surface area contributed by atoms with Crippen LogP contribution in [0.4, 0.5) is 0 Å². The quantitative estimate of drug-likeness (QED) is 0.162. The van der Waals surface area contributed by atoms with Crippen molar-refractivity contribution in [2.45, 2.75) is 0 Å². The predicted octanol–water partition coefficient (Wildman–Crippen LogP) is 17.2. The largest absolute Gasteiger partial charge is 0.455 e. The maximum absolute atomic E-state index is 6.67. The second-order valence-corrected chi connectivity index (χ2v) is 16.3. The SMILES string of the molecule is c1cc(-c2ccc3ccc4c(oc5ccc6ccccc6c54)c3c2)cc(-c2c3ccccc3c(-c3ccc(-c4ccc5ccccc5c4)c4ccccc34)c3ccccc23)c1. The van der Waals surface area contributed by atoms with Crippen molar-refractivity contribution in [3.8, 4) is 44.5 Å². The van der Waals surface area contributed by atoms with E-state index in [-0.39, 0.29) is 0 Å². The van der Waals surface area contributed by atoms with Crippen LogP contribution < -0.4 is 0 Å². The summed E-state index contributed by atoms with van der Waals surface area (Å²) < 4.78 is 6.67. The summed E-state index contributed by atoms with van der Waals surface area (Å²) in [6, 6.07) is 80.1. The van der Waals surface area contributed by atoms with E-state index in [1.54, 1.807) is 0 Å². The minimum Gasteiger partial charge on any atom is -0.455 e. The Morgan fingerprint density at radius 2 is 0.770 bits per heavy atom. The van der Waals surface area contributed by atoms with E-state index in [1.165, 1.54) is 104 Å². The van der Waals surface area contributed by atoms with Crippen molar-refractivity contribution in [1.82, 2.24) is 0 Å². The molecule has 1 heteroatoms. The van der Waals surface area contributed by atoms with E-state index in [0.29, 0.717) is 0 Å². The van der Waals surface area contributed by atoms with Gasteiger partial charge in [0.05, 0.1) is 0 Å². The fourth-order valence-corrected chi connectivity index (χ4v) is 10.2. The predicted molar refractivity (Wildman–Crippen MR) is 260 cm³/mol. The summed E-state index contributed by atoms with van der Waals surface area (Å²) in [6.45, 7) is 0. The Hall–Kier alpha value is -8.00. The van der Waals surface area contributed by atoms with Crippen molar-refractivity contribution >= 4 is 86.6 Å². The maximum Gasteiger partial charge on any atom is 0.143 e. The van der Waals surface area contributed by atoms with Crippen LogP contribution in [0.5, 0.6) is 0 Å². The van der Waals surface area contributed by atoms with Crippen molar-refractivity contribution < 1.29 is 4.42 Å². The highest BCUT2D eigenvalue weighted by Gasteiger charge is 2.20. The summed E-state index contributed by atoms with van der Waals surface area (Å²) in [5, 5.41) is 17.1. The molecule has 282 valence electrons. The van der Waals surface area contributed by atoms with Crippen molar-refractivity contribution in [2.24, 2.45) is 0 Å². The maximum atomic E-state index is 6.67. The van der Waals surface area contributed by atoms with Crippen LogP contribution in [0.25, 0.3) is 131 Å². The van der Waals surface area contributed by atoms with Crippen molar-refractivity contribution in [2.75, 3.05) is 0 Å². The van der Waals surface area contributed by atoms with Crippen LogP contribution in [-0.4, -0.2) is 0 Å². The van der Waals surface area contributed by atoms with Crippen LogP contribution >= 0.6 is 0 Å². The summed E-state index contributed by atoms with van der Waals surface area (Å²) in [4.78, 5) is 0. The Morgan fingerprint density at radius 1 is 0.246 bits per heavy atom. The average Bonchev–Trinajstić information content (AvgIpc) is 3.73. The Bertz CT molecular complexity index is 3880. The second-order valence-electron chi connectivity index (χ2n) is 16.3. The molecule has 1 aromatic heterocycles. The van der Waals surface area contributed by atoms with E-state index in [2.05, 4.69) is 218 Å². The molecule has 0 saturated heterocycles. The molecule has 0 aliphatic rings. The Kier molecular flexibility index (Phi) is 7.37. The lowest BCUT2D eigenvalue weighted by Crippen LogP contribution is -1.93. The van der Waals surface area contributed by atoms with Gasteiger partial charge < -0.3 is 4.42 Å². The van der Waals surface area contributed by atoms with Gasteiger partial charge in [0.15, 0.2) is 0 Å². The summed E-state index contributed by atoms with van der Waals surface area (Å²) in [5.41, 5.74) is 11.6. The van der Waals surface area contributed by atoms with Gasteiger partial charge in [0.25, 0.3) is 0 Å². The van der Waals surface area contributed by atoms with Crippen LogP contribution in [0.15, 0.2) is 223 Å². The van der Waals surface area contributed by atoms with Crippen molar-refractivity contribution in [1.29, 1.82) is 0 Å². The van der Waals surface area contributed by atoms with Crippen molar-refractivity contribution in [3.63, 3.8) is 0 Å². The Balaban J connectivity index is 0.990. The zero-order valence-corrected chi connectivity index (χ0v) is 33.2. The van der Waals surface area contributed by atoms with Crippen LogP contribution in [0.3, 0.4) is 0 Å². The fraction of sp³-hybridized carbons (Fsp3) is 0. The van der Waals surface area contributed by atoms with E-state index in [0.717, 1.165) is 27.5 Å². The number of rotatable bonds is 4. The molecule has 0 aliphatic carbocycles. The lowest BCUT2D eigenvalue weighted by Gasteiger charge is -2.20. The van der Waals surface area contributed by atoms with E-state index in [1.807, 2.05) is 0 Å². The van der Waals surface area contributed by atoms with Gasteiger partial charge in [-0.05, 0) is 134 Å². The molecule has 0 radical (unpaired) electrons. The first-order valence-electron chi connectivity index (χ1n) is 21.1. The van der Waals surface area contributed by atoms with Gasteiger partial charge in [-0.15, -0.1) is 0 Å². The zero-order chi connectivity index (χ0) is 40.0. The highest BCUT2D eigenvalue weighted by Crippen LogP contribution is 2.47. The number of furan rings is 1. The van der Waals surface area contributed by atoms with Gasteiger partial charge in [-0.1, -0.05) is 188 Å². The Morgan fingerprint density at radius 3 is 1.54 bits per heavy atom. The molecule has 0 N–H and O–H groups in total. The van der Waals surface area contributed by atoms with Gasteiger partial charge in [0.2, 0.25) is 0 Å². The standard InChI is InChI=1S/C60H36O/c1-2-14-40-34-43(27-24-37(40)12-1)45-31-32-53(48-19-6-5-18-47(45)48)58-51-22-9-7-20-49(51)57(50-21-8-10-23-52(50)58)44-16-11-15-41(35-44)42-26-25-39-28-30-54-59-46-17-4-3-13-38(46)29-33-56(59)61-60(54)55(39)36-42/h1-36H. The lowest BCUT2D eigenvalue weighted by molar-refractivity contribution is 0.673. The molecular weight excluding hydrogens is 737 g/mol. The minimum atomic E-state index is 0.921. The van der Waals surface area contributed by atoms with E-state index in [4.69, 9.17) is 4.42 Å². The molecular formula is C60H36O. The molecule has 13 aromatic rings. The molecule has 13 rings (SSSR count). The van der Waals surface area contributed by atoms with Gasteiger partial charge >= 0.3 is 0 Å². The van der Waals surface area contributed by atoms with E-state index in [9.17, 15) is 0 Å². The smallest absolute Gasteiger partial charge is 0.143 e. The molecule has 12 aromatic carbocycles. The third kappa shape index (κ3) is 5.21. The normalized spacial score (nSPS) is 11.9. The van der Waals surface area contributed by atoms with Crippen LogP contribution in [0.2, 0.25) is 0 Å². The van der Waals surface area contributed by atoms with Gasteiger partial charge in [0, 0.05) is 16.2 Å². The summed E-state index contributed by atoms with van der Waals surface area (Å²) >= 11 is 0. The molecule has 0 unspecified atom stereocenters. The molecule has 0 spiro atoms. The topological polar surface area (TPSA) is 13.1 Å². The first-order chi connectivity index (χ1) is 30.2. The average molecular weight is 773 g/mol. The molecule has 0 bridgehead atoms. The van der Waals surface area contributed by atoms with Gasteiger partial charge in [-0.25, -0.2) is 0 Å². The molecule has 0 aliphatic heterocycles. The highest BCUT2D eigenvalue weighted by molar-refractivity contribution is 6.25. The van der Waals surface area contributed by atoms with Crippen LogP contribution in [0, 0.1) is 0 Å². The minimum absolute atomic E-state index is 0.921. The summed E-state index contributed by atoms with van der Waals surface area (Å²) in [6.07, 6.45) is 0. The molecule has 0 amide bonds. The van der Waals surface area contributed by atoms with Crippen molar-refractivity contribution in [3.05, 3.63) is 218 Å². The highest BCUT2D eigenvalue weighted by atomic mass is 16.3. The monoisotopic (exact) mass is 772 g/mol. The third-order valence-corrected chi connectivity index (χ3v) is 13.0. The van der Waals surface area contributed by atoms with Gasteiger partial charge in [-0.3, -0.25) is 0 Å². The molecule has 1 heterocycles. The van der Waals surface area contributed by atoms with Crippen LogP contribution in [-0.2, 0) is 0 Å². The van der Waals surface area contributed by atoms with E-state index < -0.39 is 0 Å². The third-order valence-electron chi connectivity index (χ3n) is 13.0. The number of hydrogen-bond acceptors (Lipinski definition) is 1. The van der Waals surface area contributed by atoms with Crippen LogP contribution in [0.1, 0.15) is 0 Å². The fourth-order valence-electron chi connectivity index (χ4n) is 10.2. The molecule has 61 heavy (non-hydrogen) atoms. The lowest BCUT2D eigenvalue weighted by atomic mass is 9.83. The number of fused-ring (bicyclic) bond motifs is 11. The molecule has 1 nitrogen and oxygen atoms in total. The first-order valence-corrected chi connectivity index (χ1v) is 21.1. The summed E-state index contributed by atoms with van der Waals surface area (Å²) in [7, 11) is 0. The van der Waals surface area contributed by atoms with Gasteiger partial charge in [0.1, 0.15) is 11.2 Å². The first kappa shape index (κ1) is 33.9. The second kappa shape index (κ2) is 13.3. The molecule has 0 atom stereocenters. The molecule has 0 fully saturated rings. The molecule has 0 saturated carbocycles.